The molecule has 0 aliphatic rings. The Morgan fingerprint density at radius 3 is 2.47 bits per heavy atom. The van der Waals surface area contributed by atoms with Crippen LogP contribution in [-0.2, 0) is 20.7 Å². The Bertz CT molecular complexity index is 964. The average molecular weight is 415 g/mol. The second-order valence-electron chi connectivity index (χ2n) is 6.39. The third-order valence-electron chi connectivity index (χ3n) is 4.36. The summed E-state index contributed by atoms with van der Waals surface area (Å²) in [4.78, 5) is 51.2. The van der Waals surface area contributed by atoms with Crippen LogP contribution >= 0.6 is 0 Å². The molecule has 0 saturated heterocycles. The van der Waals surface area contributed by atoms with Gasteiger partial charge in [-0.2, -0.15) is 0 Å². The molecule has 1 aromatic heterocycles. The van der Waals surface area contributed by atoms with E-state index in [1.807, 2.05) is 6.92 Å². The monoisotopic (exact) mass is 415 g/mol. The maximum atomic E-state index is 12.4. The van der Waals surface area contributed by atoms with E-state index in [-0.39, 0.29) is 11.6 Å². The van der Waals surface area contributed by atoms with Crippen molar-refractivity contribution in [3.05, 3.63) is 52.3 Å². The molecule has 0 saturated carbocycles. The van der Waals surface area contributed by atoms with E-state index >= 15 is 0 Å². The topological polar surface area (TPSA) is 127 Å². The number of rotatable bonds is 8. The summed E-state index contributed by atoms with van der Waals surface area (Å²) in [7, 11) is 1.26. The number of methoxy groups -OCH3 is 1. The lowest BCUT2D eigenvalue weighted by Gasteiger charge is -2.08. The fourth-order valence-electron chi connectivity index (χ4n) is 2.91. The van der Waals surface area contributed by atoms with Crippen LogP contribution in [0.2, 0.25) is 0 Å². The summed E-state index contributed by atoms with van der Waals surface area (Å²) in [6.45, 7) is 5.20. The van der Waals surface area contributed by atoms with Crippen molar-refractivity contribution in [1.29, 1.82) is 0 Å². The lowest BCUT2D eigenvalue weighted by Crippen LogP contribution is -2.23. The Morgan fingerprint density at radius 2 is 1.83 bits per heavy atom. The predicted octanol–water partition coefficient (Wildman–Crippen LogP) is 2.22. The van der Waals surface area contributed by atoms with Gasteiger partial charge in [0.05, 0.1) is 12.7 Å². The van der Waals surface area contributed by atoms with Crippen LogP contribution in [0, 0.1) is 6.92 Å². The van der Waals surface area contributed by atoms with Crippen molar-refractivity contribution in [2.24, 2.45) is 0 Å². The van der Waals surface area contributed by atoms with E-state index in [2.05, 4.69) is 15.6 Å². The molecule has 160 valence electrons. The predicted molar refractivity (Wildman–Crippen MR) is 110 cm³/mol. The number of benzene rings is 1. The molecule has 1 aromatic carbocycles. The van der Waals surface area contributed by atoms with Gasteiger partial charge in [0.25, 0.3) is 11.8 Å². The summed E-state index contributed by atoms with van der Waals surface area (Å²) in [5.41, 5.74) is 2.14. The number of hydrogen-bond donors (Lipinski definition) is 3. The van der Waals surface area contributed by atoms with Crippen LogP contribution in [0.4, 0.5) is 5.69 Å². The first-order valence-corrected chi connectivity index (χ1v) is 9.47. The third-order valence-corrected chi connectivity index (χ3v) is 4.36. The summed E-state index contributed by atoms with van der Waals surface area (Å²) >= 11 is 0. The Hall–Kier alpha value is -3.62. The van der Waals surface area contributed by atoms with Gasteiger partial charge in [-0.1, -0.05) is 13.0 Å². The van der Waals surface area contributed by atoms with Gasteiger partial charge in [-0.05, 0) is 44.0 Å². The van der Waals surface area contributed by atoms with E-state index in [1.54, 1.807) is 32.0 Å². The molecule has 0 fully saturated rings. The van der Waals surface area contributed by atoms with E-state index < -0.39 is 24.5 Å². The molecule has 3 N–H and O–H groups in total. The van der Waals surface area contributed by atoms with E-state index in [1.165, 1.54) is 13.2 Å². The lowest BCUT2D eigenvalue weighted by molar-refractivity contribution is -0.119. The molecule has 1 heterocycles. The van der Waals surface area contributed by atoms with Crippen molar-refractivity contribution < 1.29 is 28.7 Å². The number of aryl methyl sites for hydroxylation is 1. The van der Waals surface area contributed by atoms with Crippen LogP contribution in [0.15, 0.2) is 24.3 Å². The number of nitrogens with one attached hydrogen (secondary N) is 3. The number of esters is 2. The first kappa shape index (κ1) is 22.7. The van der Waals surface area contributed by atoms with Crippen LogP contribution in [0.5, 0.6) is 0 Å². The number of ether oxygens (including phenoxy) is 2. The van der Waals surface area contributed by atoms with Crippen molar-refractivity contribution in [1.82, 2.24) is 10.3 Å². The molecule has 2 rings (SSSR count). The summed E-state index contributed by atoms with van der Waals surface area (Å²) in [6.07, 6.45) is 0.487. The molecule has 0 spiro atoms. The van der Waals surface area contributed by atoms with Crippen LogP contribution in [0.3, 0.4) is 0 Å². The summed E-state index contributed by atoms with van der Waals surface area (Å²) in [5.74, 6) is -2.13. The molecule has 0 unspecified atom stereocenters. The molecule has 9 heteroatoms. The highest BCUT2D eigenvalue weighted by atomic mass is 16.5. The molecular weight excluding hydrogens is 390 g/mol. The highest BCUT2D eigenvalue weighted by Crippen LogP contribution is 2.21. The van der Waals surface area contributed by atoms with Crippen LogP contribution in [0.1, 0.15) is 56.3 Å². The Labute approximate surface area is 174 Å². The number of aromatic nitrogens is 1. The van der Waals surface area contributed by atoms with Gasteiger partial charge in [0.15, 0.2) is 6.61 Å². The molecule has 2 amide bonds. The van der Waals surface area contributed by atoms with Crippen LogP contribution in [-0.4, -0.2) is 49.0 Å². The lowest BCUT2D eigenvalue weighted by atomic mass is 10.1. The molecule has 0 atom stereocenters. The summed E-state index contributed by atoms with van der Waals surface area (Å²) in [5, 5.41) is 5.25. The highest BCUT2D eigenvalue weighted by molar-refractivity contribution is 6.00. The number of carbonyl (C=O) groups excluding carboxylic acids is 4. The first-order chi connectivity index (χ1) is 14.3. The second kappa shape index (κ2) is 10.2. The Balaban J connectivity index is 2.03. The fraction of sp³-hybridized carbons (Fsp3) is 0.333. The standard InChI is InChI=1S/C21H25N3O6/c1-5-15-17(20(27)29-4)12(3)18(24-15)21(28)30-11-16(25)23-14-9-7-8-13(10-14)19(26)22-6-2/h7-10,24H,5-6,11H2,1-4H3,(H,22,26)(H,23,25). The fourth-order valence-corrected chi connectivity index (χ4v) is 2.91. The van der Waals surface area contributed by atoms with Crippen molar-refractivity contribution in [2.75, 3.05) is 25.6 Å². The largest absolute Gasteiger partial charge is 0.465 e. The molecular formula is C21H25N3O6. The Morgan fingerprint density at radius 1 is 1.10 bits per heavy atom. The van der Waals surface area contributed by atoms with Gasteiger partial charge in [-0.25, -0.2) is 9.59 Å². The van der Waals surface area contributed by atoms with E-state index in [4.69, 9.17) is 9.47 Å². The minimum absolute atomic E-state index is 0.0956. The zero-order valence-electron chi connectivity index (χ0n) is 17.4. The number of carbonyl (C=O) groups is 4. The summed E-state index contributed by atoms with van der Waals surface area (Å²) < 4.78 is 9.83. The number of amides is 2. The van der Waals surface area contributed by atoms with Gasteiger partial charge in [-0.15, -0.1) is 0 Å². The molecule has 0 aliphatic heterocycles. The van der Waals surface area contributed by atoms with Gasteiger partial charge in [0, 0.05) is 23.5 Å². The van der Waals surface area contributed by atoms with Crippen molar-refractivity contribution >= 4 is 29.4 Å². The minimum Gasteiger partial charge on any atom is -0.465 e. The highest BCUT2D eigenvalue weighted by Gasteiger charge is 2.24. The molecule has 2 aromatic rings. The maximum absolute atomic E-state index is 12.4. The second-order valence-corrected chi connectivity index (χ2v) is 6.39. The average Bonchev–Trinajstić information content (AvgIpc) is 3.08. The molecule has 9 nitrogen and oxygen atoms in total. The van der Waals surface area contributed by atoms with Gasteiger partial charge in [-0.3, -0.25) is 9.59 Å². The van der Waals surface area contributed by atoms with E-state index in [9.17, 15) is 19.2 Å². The van der Waals surface area contributed by atoms with Crippen molar-refractivity contribution in [3.63, 3.8) is 0 Å². The number of aromatic amines is 1. The van der Waals surface area contributed by atoms with E-state index in [0.717, 1.165) is 0 Å². The normalized spacial score (nSPS) is 10.3. The summed E-state index contributed by atoms with van der Waals surface area (Å²) in [6, 6.07) is 6.40. The SMILES string of the molecule is CCNC(=O)c1cccc(NC(=O)COC(=O)c2[nH]c(CC)c(C(=O)OC)c2C)c1. The van der Waals surface area contributed by atoms with Gasteiger partial charge >= 0.3 is 11.9 Å². The van der Waals surface area contributed by atoms with Crippen molar-refractivity contribution in [3.8, 4) is 0 Å². The van der Waals surface area contributed by atoms with E-state index in [0.29, 0.717) is 41.0 Å². The quantitative estimate of drug-likeness (QED) is 0.568. The molecule has 0 aliphatic carbocycles. The molecule has 0 radical (unpaired) electrons. The zero-order chi connectivity index (χ0) is 22.3. The van der Waals surface area contributed by atoms with Gasteiger partial charge in [0.2, 0.25) is 0 Å². The maximum Gasteiger partial charge on any atom is 0.355 e. The van der Waals surface area contributed by atoms with Crippen molar-refractivity contribution in [2.45, 2.75) is 27.2 Å². The molecule has 0 bridgehead atoms. The first-order valence-electron chi connectivity index (χ1n) is 9.47. The third kappa shape index (κ3) is 5.25. The Kier molecular flexibility index (Phi) is 7.74. The number of H-pyrrole nitrogens is 1. The van der Waals surface area contributed by atoms with Gasteiger partial charge in [0.1, 0.15) is 5.69 Å². The smallest absolute Gasteiger partial charge is 0.355 e. The molecule has 30 heavy (non-hydrogen) atoms. The zero-order valence-corrected chi connectivity index (χ0v) is 17.4. The van der Waals surface area contributed by atoms with Gasteiger partial charge < -0.3 is 25.1 Å². The number of hydrogen-bond acceptors (Lipinski definition) is 6. The number of anilines is 1. The minimum atomic E-state index is -0.761. The van der Waals surface area contributed by atoms with Crippen LogP contribution in [0.25, 0.3) is 0 Å². The van der Waals surface area contributed by atoms with Crippen LogP contribution < -0.4 is 10.6 Å².